The summed E-state index contributed by atoms with van der Waals surface area (Å²) in [6, 6.07) is 9.70. The summed E-state index contributed by atoms with van der Waals surface area (Å²) in [5.41, 5.74) is 3.64. The van der Waals surface area contributed by atoms with Crippen LogP contribution in [0.25, 0.3) is 5.65 Å². The average molecular weight is 544 g/mol. The first-order chi connectivity index (χ1) is 18.7. The molecule has 0 bridgehead atoms. The maximum absolute atomic E-state index is 13.8. The fourth-order valence-corrected chi connectivity index (χ4v) is 6.22. The van der Waals surface area contributed by atoms with Crippen LogP contribution in [-0.2, 0) is 32.9 Å². The van der Waals surface area contributed by atoms with E-state index in [1.165, 1.54) is 17.8 Å². The van der Waals surface area contributed by atoms with Crippen molar-refractivity contribution in [3.63, 3.8) is 0 Å². The maximum atomic E-state index is 13.8. The van der Waals surface area contributed by atoms with Crippen LogP contribution >= 0.6 is 0 Å². The van der Waals surface area contributed by atoms with Crippen molar-refractivity contribution in [2.45, 2.75) is 62.2 Å². The number of carbonyl (C=O) groups is 2. The Kier molecular flexibility index (Phi) is 6.10. The van der Waals surface area contributed by atoms with Crippen LogP contribution in [0.5, 0.6) is 0 Å². The summed E-state index contributed by atoms with van der Waals surface area (Å²) in [7, 11) is -3.29. The van der Waals surface area contributed by atoms with Crippen LogP contribution in [0.4, 0.5) is 5.82 Å². The minimum Gasteiger partial charge on any atom is -0.310 e. The van der Waals surface area contributed by atoms with E-state index in [9.17, 15) is 18.0 Å². The SMILES string of the molecule is CCS(=O)(=O)c1ccc(CC(=O)Nc2ccc3c(n2)CCC(C)(c2nccn4c(C5CC5)cnc24)C3=O)cc1. The van der Waals surface area contributed by atoms with Crippen molar-refractivity contribution in [1.82, 2.24) is 19.4 Å². The summed E-state index contributed by atoms with van der Waals surface area (Å²) < 4.78 is 26.1. The second-order valence-corrected chi connectivity index (χ2v) is 12.8. The van der Waals surface area contributed by atoms with Gasteiger partial charge in [0.05, 0.1) is 33.9 Å². The van der Waals surface area contributed by atoms with Gasteiger partial charge in [0.2, 0.25) is 5.91 Å². The molecule has 200 valence electrons. The van der Waals surface area contributed by atoms with Crippen LogP contribution in [0.1, 0.15) is 72.0 Å². The van der Waals surface area contributed by atoms with Gasteiger partial charge in [0.15, 0.2) is 21.3 Å². The molecule has 6 rings (SSSR count). The zero-order valence-electron chi connectivity index (χ0n) is 21.8. The van der Waals surface area contributed by atoms with Gasteiger partial charge in [-0.05, 0) is 62.4 Å². The van der Waals surface area contributed by atoms with E-state index < -0.39 is 15.3 Å². The molecule has 1 amide bonds. The van der Waals surface area contributed by atoms with Gasteiger partial charge in [0.25, 0.3) is 0 Å². The third-order valence-electron chi connectivity index (χ3n) is 7.85. The normalized spacial score (nSPS) is 19.2. The minimum atomic E-state index is -3.29. The number of benzene rings is 1. The largest absolute Gasteiger partial charge is 0.310 e. The molecule has 1 unspecified atom stereocenters. The van der Waals surface area contributed by atoms with Crippen LogP contribution in [0.2, 0.25) is 0 Å². The lowest BCUT2D eigenvalue weighted by Crippen LogP contribution is -2.39. The van der Waals surface area contributed by atoms with Gasteiger partial charge in [-0.15, -0.1) is 0 Å². The van der Waals surface area contributed by atoms with Crippen LogP contribution in [0.3, 0.4) is 0 Å². The van der Waals surface area contributed by atoms with Gasteiger partial charge < -0.3 is 9.72 Å². The second-order valence-electron chi connectivity index (χ2n) is 10.6. The van der Waals surface area contributed by atoms with Gasteiger partial charge in [-0.2, -0.15) is 0 Å². The minimum absolute atomic E-state index is 0.0232. The number of ketones is 1. The Bertz CT molecular complexity index is 1720. The van der Waals surface area contributed by atoms with E-state index in [0.29, 0.717) is 47.1 Å². The first-order valence-corrected chi connectivity index (χ1v) is 14.8. The Morgan fingerprint density at radius 1 is 1.13 bits per heavy atom. The van der Waals surface area contributed by atoms with Gasteiger partial charge in [0, 0.05) is 35.8 Å². The number of nitrogens with one attached hydrogen (secondary N) is 1. The molecule has 9 nitrogen and oxygen atoms in total. The third kappa shape index (κ3) is 4.52. The molecule has 0 spiro atoms. The van der Waals surface area contributed by atoms with Crippen molar-refractivity contribution in [3.05, 3.63) is 83.2 Å². The zero-order chi connectivity index (χ0) is 27.4. The number of aryl methyl sites for hydroxylation is 1. The number of carbonyl (C=O) groups excluding carboxylic acids is 2. The molecular formula is C29H29N5O4S. The Balaban J connectivity index is 1.19. The molecular weight excluding hydrogens is 514 g/mol. The molecule has 3 heterocycles. The summed E-state index contributed by atoms with van der Waals surface area (Å²) in [6.45, 7) is 3.52. The molecule has 1 saturated carbocycles. The Hall–Kier alpha value is -3.92. The maximum Gasteiger partial charge on any atom is 0.229 e. The molecule has 2 aliphatic carbocycles. The van der Waals surface area contributed by atoms with Gasteiger partial charge in [0.1, 0.15) is 5.82 Å². The predicted molar refractivity (Wildman–Crippen MR) is 146 cm³/mol. The van der Waals surface area contributed by atoms with E-state index in [0.717, 1.165) is 18.5 Å². The second kappa shape index (κ2) is 9.37. The summed E-state index contributed by atoms with van der Waals surface area (Å²) in [5, 5.41) is 2.80. The zero-order valence-corrected chi connectivity index (χ0v) is 22.7. The molecule has 10 heteroatoms. The van der Waals surface area contributed by atoms with Crippen molar-refractivity contribution >= 4 is 33.0 Å². The van der Waals surface area contributed by atoms with Gasteiger partial charge in [-0.1, -0.05) is 19.1 Å². The number of fused-ring (bicyclic) bond motifs is 2. The molecule has 3 aromatic heterocycles. The fourth-order valence-electron chi connectivity index (χ4n) is 5.34. The van der Waals surface area contributed by atoms with Crippen LogP contribution in [0.15, 0.2) is 59.9 Å². The van der Waals surface area contributed by atoms with Crippen LogP contribution < -0.4 is 5.32 Å². The summed E-state index contributed by atoms with van der Waals surface area (Å²) in [5.74, 6) is 0.605. The highest BCUT2D eigenvalue weighted by Crippen LogP contribution is 2.42. The van der Waals surface area contributed by atoms with E-state index >= 15 is 0 Å². The number of sulfone groups is 1. The Morgan fingerprint density at radius 3 is 2.62 bits per heavy atom. The fraction of sp³-hybridized carbons (Fsp3) is 0.345. The molecule has 1 atom stereocenters. The molecule has 2 aliphatic rings. The van der Waals surface area contributed by atoms with Crippen molar-refractivity contribution in [1.29, 1.82) is 0 Å². The standard InChI is InChI=1S/C29H29N5O4S/c1-3-39(37,38)20-8-4-18(5-9-20)16-25(35)33-24-11-10-21-22(32-24)12-13-29(2,27(21)36)26-28-31-17-23(19-6-7-19)34(28)15-14-30-26/h4-5,8-11,14-15,17,19H,3,6-7,12-13,16H2,1-2H3,(H,32,33,35). The lowest BCUT2D eigenvalue weighted by atomic mass is 9.71. The van der Waals surface area contributed by atoms with Crippen LogP contribution in [-0.4, -0.2) is 45.2 Å². The quantitative estimate of drug-likeness (QED) is 0.373. The van der Waals surface area contributed by atoms with E-state index in [-0.39, 0.29) is 28.8 Å². The number of nitrogens with zero attached hydrogens (tertiary/aromatic N) is 4. The van der Waals surface area contributed by atoms with Gasteiger partial charge in [-0.25, -0.2) is 18.4 Å². The first-order valence-electron chi connectivity index (χ1n) is 13.2. The van der Waals surface area contributed by atoms with Crippen molar-refractivity contribution in [2.75, 3.05) is 11.1 Å². The lowest BCUT2D eigenvalue weighted by molar-refractivity contribution is -0.115. The van der Waals surface area contributed by atoms with E-state index in [4.69, 9.17) is 0 Å². The molecule has 4 aromatic rings. The Morgan fingerprint density at radius 2 is 1.90 bits per heavy atom. The van der Waals surface area contributed by atoms with E-state index in [1.54, 1.807) is 37.4 Å². The molecule has 0 saturated heterocycles. The highest BCUT2D eigenvalue weighted by Gasteiger charge is 2.43. The number of anilines is 1. The molecule has 1 N–H and O–H groups in total. The number of hydrogen-bond acceptors (Lipinski definition) is 7. The van der Waals surface area contributed by atoms with Crippen molar-refractivity contribution in [2.24, 2.45) is 0 Å². The Labute approximate surface area is 226 Å². The van der Waals surface area contributed by atoms with E-state index in [1.807, 2.05) is 19.3 Å². The predicted octanol–water partition coefficient (Wildman–Crippen LogP) is 4.06. The average Bonchev–Trinajstić information content (AvgIpc) is 3.69. The van der Waals surface area contributed by atoms with E-state index in [2.05, 4.69) is 24.7 Å². The number of amides is 1. The first kappa shape index (κ1) is 25.4. The lowest BCUT2D eigenvalue weighted by Gasteiger charge is -2.32. The molecule has 1 aromatic carbocycles. The molecule has 39 heavy (non-hydrogen) atoms. The topological polar surface area (TPSA) is 123 Å². The monoisotopic (exact) mass is 543 g/mol. The van der Waals surface area contributed by atoms with Gasteiger partial charge >= 0.3 is 0 Å². The third-order valence-corrected chi connectivity index (χ3v) is 9.60. The molecule has 0 aliphatic heterocycles. The highest BCUT2D eigenvalue weighted by atomic mass is 32.2. The number of hydrogen-bond donors (Lipinski definition) is 1. The summed E-state index contributed by atoms with van der Waals surface area (Å²) in [4.78, 5) is 40.5. The highest BCUT2D eigenvalue weighted by molar-refractivity contribution is 7.91. The number of rotatable bonds is 7. The number of imidazole rings is 1. The van der Waals surface area contributed by atoms with Crippen molar-refractivity contribution < 1.29 is 18.0 Å². The number of aromatic nitrogens is 4. The molecule has 0 radical (unpaired) electrons. The summed E-state index contributed by atoms with van der Waals surface area (Å²) in [6.07, 6.45) is 9.07. The summed E-state index contributed by atoms with van der Waals surface area (Å²) >= 11 is 0. The van der Waals surface area contributed by atoms with Gasteiger partial charge in [-0.3, -0.25) is 14.6 Å². The number of Topliss-reactive ketones (excluding diaryl/α,β-unsaturated/α-hetero) is 1. The molecule has 1 fully saturated rings. The van der Waals surface area contributed by atoms with Crippen LogP contribution in [0, 0.1) is 0 Å². The van der Waals surface area contributed by atoms with Crippen molar-refractivity contribution in [3.8, 4) is 0 Å². The number of pyridine rings is 1. The smallest absolute Gasteiger partial charge is 0.229 e.